The van der Waals surface area contributed by atoms with Gasteiger partial charge in [0.2, 0.25) is 0 Å². The summed E-state index contributed by atoms with van der Waals surface area (Å²) in [4.78, 5) is 6.93. The Morgan fingerprint density at radius 3 is 2.54 bits per heavy atom. The third-order valence-electron chi connectivity index (χ3n) is 5.39. The van der Waals surface area contributed by atoms with Crippen molar-refractivity contribution in [1.29, 1.82) is 0 Å². The Balaban J connectivity index is 1.91. The maximum Gasteiger partial charge on any atom is 0.0529 e. The molecule has 0 aliphatic carbocycles. The predicted octanol–water partition coefficient (Wildman–Crippen LogP) is 4.97. The van der Waals surface area contributed by atoms with E-state index in [1.165, 1.54) is 38.9 Å². The number of hydrogen-bond acceptors (Lipinski definition) is 2. The van der Waals surface area contributed by atoms with Gasteiger partial charge in [0.15, 0.2) is 0 Å². The molecule has 1 aliphatic heterocycles. The molecule has 0 saturated carbocycles. The number of nitrogens with zero attached hydrogens (tertiary/aromatic N) is 3. The molecule has 3 nitrogen and oxygen atoms in total. The van der Waals surface area contributed by atoms with Crippen molar-refractivity contribution in [2.45, 2.75) is 40.7 Å². The minimum absolute atomic E-state index is 1.03. The molecule has 0 fully saturated rings. The van der Waals surface area contributed by atoms with Crippen LogP contribution in [0.4, 0.5) is 0 Å². The number of aromatic nitrogens is 2. The maximum absolute atomic E-state index is 4.51. The molecule has 0 N–H and O–H groups in total. The van der Waals surface area contributed by atoms with Crippen LogP contribution in [0.25, 0.3) is 22.7 Å². The summed E-state index contributed by atoms with van der Waals surface area (Å²) in [6.07, 6.45) is 3.41. The zero-order valence-corrected chi connectivity index (χ0v) is 16.4. The molecule has 0 spiro atoms. The Hall–Kier alpha value is -2.39. The molecule has 2 aromatic heterocycles. The molecule has 4 rings (SSSR count). The fraction of sp³-hybridized carbons (Fsp3) is 0.348. The summed E-state index contributed by atoms with van der Waals surface area (Å²) in [5.74, 6) is 0. The van der Waals surface area contributed by atoms with Crippen molar-refractivity contribution in [2.75, 3.05) is 13.6 Å². The number of benzene rings is 1. The highest BCUT2D eigenvalue weighted by molar-refractivity contribution is 5.90. The number of allylic oxidation sites excluding steroid dienone is 1. The summed E-state index contributed by atoms with van der Waals surface area (Å²) in [5.41, 5.74) is 10.3. The van der Waals surface area contributed by atoms with Crippen LogP contribution in [0.1, 0.15) is 40.7 Å². The first-order valence-corrected chi connectivity index (χ1v) is 9.37. The van der Waals surface area contributed by atoms with Gasteiger partial charge in [0.1, 0.15) is 0 Å². The molecule has 0 bridgehead atoms. The van der Waals surface area contributed by atoms with Crippen LogP contribution in [0.15, 0.2) is 30.3 Å². The van der Waals surface area contributed by atoms with Crippen LogP contribution in [0.5, 0.6) is 0 Å². The van der Waals surface area contributed by atoms with Crippen molar-refractivity contribution in [2.24, 2.45) is 0 Å². The second-order valence-electron chi connectivity index (χ2n) is 7.75. The van der Waals surface area contributed by atoms with Crippen LogP contribution in [0.2, 0.25) is 0 Å². The largest absolute Gasteiger partial charge is 0.320 e. The van der Waals surface area contributed by atoms with Crippen LogP contribution >= 0.6 is 0 Å². The van der Waals surface area contributed by atoms with E-state index in [9.17, 15) is 0 Å². The van der Waals surface area contributed by atoms with E-state index in [1.54, 1.807) is 0 Å². The molecule has 134 valence electrons. The monoisotopic (exact) mass is 345 g/mol. The third kappa shape index (κ3) is 2.97. The van der Waals surface area contributed by atoms with Gasteiger partial charge in [-0.2, -0.15) is 0 Å². The SMILES string of the molecule is C/C(=C/n1c2c(c3cc(C)ccc31)CN(C)CC2)c1cc(C)nc(C)c1. The highest BCUT2D eigenvalue weighted by Crippen LogP contribution is 2.32. The minimum Gasteiger partial charge on any atom is -0.320 e. The number of aryl methyl sites for hydroxylation is 3. The average molecular weight is 345 g/mol. The molecule has 3 heteroatoms. The third-order valence-corrected chi connectivity index (χ3v) is 5.39. The molecule has 0 amide bonds. The predicted molar refractivity (Wildman–Crippen MR) is 110 cm³/mol. The van der Waals surface area contributed by atoms with Crippen LogP contribution in [0.3, 0.4) is 0 Å². The Morgan fingerprint density at radius 1 is 1.08 bits per heavy atom. The quantitative estimate of drug-likeness (QED) is 0.654. The van der Waals surface area contributed by atoms with Gasteiger partial charge in [-0.3, -0.25) is 4.98 Å². The molecule has 26 heavy (non-hydrogen) atoms. The molecular weight excluding hydrogens is 318 g/mol. The van der Waals surface area contributed by atoms with Crippen molar-refractivity contribution in [3.63, 3.8) is 0 Å². The molecule has 1 aliphatic rings. The van der Waals surface area contributed by atoms with Gasteiger partial charge in [-0.1, -0.05) is 11.6 Å². The Labute approximate surface area is 156 Å². The Kier molecular flexibility index (Phi) is 4.20. The van der Waals surface area contributed by atoms with Crippen LogP contribution in [-0.2, 0) is 13.0 Å². The summed E-state index contributed by atoms with van der Waals surface area (Å²) < 4.78 is 2.43. The van der Waals surface area contributed by atoms with Gasteiger partial charge in [0.25, 0.3) is 0 Å². The van der Waals surface area contributed by atoms with Gasteiger partial charge in [0, 0.05) is 48.2 Å². The van der Waals surface area contributed by atoms with Gasteiger partial charge in [-0.05, 0) is 75.7 Å². The van der Waals surface area contributed by atoms with Gasteiger partial charge in [-0.25, -0.2) is 0 Å². The second kappa shape index (κ2) is 6.40. The molecule has 1 aromatic carbocycles. The fourth-order valence-electron chi connectivity index (χ4n) is 4.12. The van der Waals surface area contributed by atoms with E-state index < -0.39 is 0 Å². The summed E-state index contributed by atoms with van der Waals surface area (Å²) in [6, 6.07) is 11.2. The highest BCUT2D eigenvalue weighted by Gasteiger charge is 2.21. The number of rotatable bonds is 2. The lowest BCUT2D eigenvalue weighted by atomic mass is 10.0. The van der Waals surface area contributed by atoms with Crippen molar-refractivity contribution in [1.82, 2.24) is 14.5 Å². The molecule has 0 unspecified atom stereocenters. The summed E-state index contributed by atoms with van der Waals surface area (Å²) in [6.45, 7) is 10.7. The van der Waals surface area contributed by atoms with Crippen LogP contribution < -0.4 is 0 Å². The molecule has 3 aromatic rings. The van der Waals surface area contributed by atoms with E-state index in [4.69, 9.17) is 0 Å². The minimum atomic E-state index is 1.03. The Bertz CT molecular complexity index is 1000. The van der Waals surface area contributed by atoms with Gasteiger partial charge in [0.05, 0.1) is 5.52 Å². The first kappa shape index (κ1) is 17.0. The van der Waals surface area contributed by atoms with E-state index in [0.29, 0.717) is 0 Å². The van der Waals surface area contributed by atoms with Gasteiger partial charge >= 0.3 is 0 Å². The van der Waals surface area contributed by atoms with E-state index in [-0.39, 0.29) is 0 Å². The number of likely N-dealkylation sites (N-methyl/N-ethyl adjacent to an activating group) is 1. The lowest BCUT2D eigenvalue weighted by Crippen LogP contribution is -2.26. The lowest BCUT2D eigenvalue weighted by Gasteiger charge is -2.23. The summed E-state index contributed by atoms with van der Waals surface area (Å²) in [7, 11) is 2.21. The zero-order chi connectivity index (χ0) is 18.4. The van der Waals surface area contributed by atoms with Crippen molar-refractivity contribution in [3.8, 4) is 0 Å². The number of fused-ring (bicyclic) bond motifs is 3. The summed E-state index contributed by atoms with van der Waals surface area (Å²) >= 11 is 0. The van der Waals surface area contributed by atoms with Gasteiger partial charge < -0.3 is 9.47 Å². The van der Waals surface area contributed by atoms with E-state index in [2.05, 4.69) is 85.7 Å². The summed E-state index contributed by atoms with van der Waals surface area (Å²) in [5, 5.41) is 1.40. The molecule has 0 saturated heterocycles. The van der Waals surface area contributed by atoms with Crippen molar-refractivity contribution < 1.29 is 0 Å². The fourth-order valence-corrected chi connectivity index (χ4v) is 4.12. The standard InChI is InChI=1S/C23H27N3/c1-15-6-7-22-20(10-15)21-14-25(5)9-8-23(21)26(22)13-16(2)19-11-17(3)24-18(4)12-19/h6-7,10-13H,8-9,14H2,1-5H3/b16-13-. The lowest BCUT2D eigenvalue weighted by molar-refractivity contribution is 0.312. The molecule has 0 atom stereocenters. The smallest absolute Gasteiger partial charge is 0.0529 e. The topological polar surface area (TPSA) is 21.1 Å². The Morgan fingerprint density at radius 2 is 1.81 bits per heavy atom. The first-order chi connectivity index (χ1) is 12.4. The van der Waals surface area contributed by atoms with Gasteiger partial charge in [-0.15, -0.1) is 0 Å². The second-order valence-corrected chi connectivity index (χ2v) is 7.75. The van der Waals surface area contributed by atoms with Crippen LogP contribution in [0, 0.1) is 20.8 Å². The van der Waals surface area contributed by atoms with E-state index >= 15 is 0 Å². The molecule has 0 radical (unpaired) electrons. The number of pyridine rings is 1. The zero-order valence-electron chi connectivity index (χ0n) is 16.4. The average Bonchev–Trinajstić information content (AvgIpc) is 2.86. The maximum atomic E-state index is 4.51. The molecular formula is C23H27N3. The van der Waals surface area contributed by atoms with E-state index in [0.717, 1.165) is 30.9 Å². The first-order valence-electron chi connectivity index (χ1n) is 9.37. The van der Waals surface area contributed by atoms with Crippen LogP contribution in [-0.4, -0.2) is 28.0 Å². The number of hydrogen-bond donors (Lipinski definition) is 0. The normalized spacial score (nSPS) is 15.5. The van der Waals surface area contributed by atoms with E-state index in [1.807, 2.05) is 0 Å². The molecule has 3 heterocycles. The van der Waals surface area contributed by atoms with Crippen molar-refractivity contribution in [3.05, 3.63) is 64.1 Å². The van der Waals surface area contributed by atoms with Crippen molar-refractivity contribution >= 4 is 22.7 Å². The highest BCUT2D eigenvalue weighted by atomic mass is 15.1.